The third kappa shape index (κ3) is 3.96. The summed E-state index contributed by atoms with van der Waals surface area (Å²) in [6.45, 7) is 7.78. The van der Waals surface area contributed by atoms with Gasteiger partial charge in [0.1, 0.15) is 10.6 Å². The molecule has 0 fully saturated rings. The summed E-state index contributed by atoms with van der Waals surface area (Å²) in [6, 6.07) is 0.533. The number of aryl methyl sites for hydroxylation is 1. The molecule has 0 aliphatic rings. The lowest BCUT2D eigenvalue weighted by Gasteiger charge is -2.20. The first-order valence-electron chi connectivity index (χ1n) is 6.07. The Hall–Kier alpha value is -1.14. The zero-order valence-corrected chi connectivity index (χ0v) is 12.2. The molecule has 0 saturated heterocycles. The molecule has 0 bridgehead atoms. The van der Waals surface area contributed by atoms with Crippen molar-refractivity contribution in [2.45, 2.75) is 33.2 Å². The molecule has 0 atom stereocenters. The van der Waals surface area contributed by atoms with Gasteiger partial charge in [-0.15, -0.1) is 0 Å². The molecule has 0 unspecified atom stereocenters. The van der Waals surface area contributed by atoms with Crippen molar-refractivity contribution in [2.24, 2.45) is 0 Å². The first-order chi connectivity index (χ1) is 8.43. The summed E-state index contributed by atoms with van der Waals surface area (Å²) in [7, 11) is 2.09. The zero-order chi connectivity index (χ0) is 13.7. The number of nitrogens with one attached hydrogen (secondary N) is 1. The van der Waals surface area contributed by atoms with Crippen molar-refractivity contribution in [1.82, 2.24) is 9.27 Å². The number of hydrogen-bond acceptors (Lipinski definition) is 5. The van der Waals surface area contributed by atoms with Crippen LogP contribution in [0.1, 0.15) is 36.3 Å². The largest absolute Gasteiger partial charge is 0.478 e. The number of carboxylic acids is 1. The van der Waals surface area contributed by atoms with Crippen LogP contribution in [-0.4, -0.2) is 46.5 Å². The monoisotopic (exact) mass is 271 g/mol. The average Bonchev–Trinajstić information content (AvgIpc) is 2.65. The number of carbonyl (C=O) groups is 1. The fourth-order valence-corrected chi connectivity index (χ4v) is 2.34. The van der Waals surface area contributed by atoms with Crippen LogP contribution in [-0.2, 0) is 0 Å². The molecule has 1 rings (SSSR count). The minimum atomic E-state index is -0.914. The minimum absolute atomic E-state index is 0.303. The van der Waals surface area contributed by atoms with Crippen molar-refractivity contribution in [3.8, 4) is 0 Å². The quantitative estimate of drug-likeness (QED) is 0.745. The third-order valence-corrected chi connectivity index (χ3v) is 3.83. The van der Waals surface area contributed by atoms with Crippen LogP contribution < -0.4 is 5.32 Å². The average molecular weight is 271 g/mol. The van der Waals surface area contributed by atoms with Gasteiger partial charge in [-0.05, 0) is 52.3 Å². The van der Waals surface area contributed by atoms with E-state index in [0.717, 1.165) is 19.5 Å². The van der Waals surface area contributed by atoms with Gasteiger partial charge in [0.25, 0.3) is 0 Å². The summed E-state index contributed by atoms with van der Waals surface area (Å²) < 4.78 is 4.07. The maximum atomic E-state index is 11.1. The molecule has 0 aromatic carbocycles. The van der Waals surface area contributed by atoms with Gasteiger partial charge in [-0.1, -0.05) is 0 Å². The van der Waals surface area contributed by atoms with E-state index in [1.165, 1.54) is 11.5 Å². The number of anilines is 1. The molecule has 0 amide bonds. The number of aromatic nitrogens is 1. The highest BCUT2D eigenvalue weighted by molar-refractivity contribution is 7.10. The van der Waals surface area contributed by atoms with Crippen molar-refractivity contribution in [1.29, 1.82) is 0 Å². The first-order valence-corrected chi connectivity index (χ1v) is 6.84. The number of rotatable bonds is 7. The molecule has 1 aromatic heterocycles. The van der Waals surface area contributed by atoms with Crippen LogP contribution in [0.5, 0.6) is 0 Å². The van der Waals surface area contributed by atoms with E-state index in [4.69, 9.17) is 5.11 Å². The van der Waals surface area contributed by atoms with E-state index in [0.29, 0.717) is 22.3 Å². The van der Waals surface area contributed by atoms with Crippen LogP contribution in [0.15, 0.2) is 0 Å². The van der Waals surface area contributed by atoms with Gasteiger partial charge in [-0.25, -0.2) is 4.79 Å². The van der Waals surface area contributed by atoms with Gasteiger partial charge in [-0.2, -0.15) is 4.37 Å². The number of hydrogen-bond donors (Lipinski definition) is 2. The topological polar surface area (TPSA) is 65.5 Å². The molecule has 1 heterocycles. The van der Waals surface area contributed by atoms with E-state index in [2.05, 4.69) is 35.5 Å². The van der Waals surface area contributed by atoms with Crippen LogP contribution in [0.4, 0.5) is 5.00 Å². The van der Waals surface area contributed by atoms with Crippen LogP contribution in [0.2, 0.25) is 0 Å². The number of aromatic carboxylic acids is 1. The molecule has 0 saturated carbocycles. The molecule has 0 aliphatic carbocycles. The zero-order valence-electron chi connectivity index (χ0n) is 11.4. The predicted octanol–water partition coefficient (Wildman–Crippen LogP) is 2.29. The SMILES string of the molecule is Cc1nsc(NCCCN(C)C(C)C)c1C(=O)O. The third-order valence-electron chi connectivity index (χ3n) is 2.93. The van der Waals surface area contributed by atoms with Crippen LogP contribution in [0, 0.1) is 6.92 Å². The van der Waals surface area contributed by atoms with Crippen LogP contribution in [0.25, 0.3) is 0 Å². The van der Waals surface area contributed by atoms with Crippen molar-refractivity contribution in [2.75, 3.05) is 25.5 Å². The standard InChI is InChI=1S/C12H21N3O2S/c1-8(2)15(4)7-5-6-13-11-10(12(16)17)9(3)14-18-11/h8,13H,5-7H2,1-4H3,(H,16,17). The smallest absolute Gasteiger partial charge is 0.340 e. The lowest BCUT2D eigenvalue weighted by Crippen LogP contribution is -2.28. The molecular formula is C12H21N3O2S. The van der Waals surface area contributed by atoms with Crippen molar-refractivity contribution in [3.05, 3.63) is 11.3 Å². The molecule has 0 spiro atoms. The second-order valence-corrected chi connectivity index (χ2v) is 5.41. The second kappa shape index (κ2) is 6.70. The van der Waals surface area contributed by atoms with Gasteiger partial charge in [0.2, 0.25) is 0 Å². The highest BCUT2D eigenvalue weighted by Crippen LogP contribution is 2.24. The fraction of sp³-hybridized carbons (Fsp3) is 0.667. The number of nitrogens with zero attached hydrogens (tertiary/aromatic N) is 2. The molecule has 2 N–H and O–H groups in total. The molecule has 102 valence electrons. The van der Waals surface area contributed by atoms with Crippen molar-refractivity contribution in [3.63, 3.8) is 0 Å². The maximum absolute atomic E-state index is 11.1. The maximum Gasteiger partial charge on any atom is 0.340 e. The minimum Gasteiger partial charge on any atom is -0.478 e. The Morgan fingerprint density at radius 3 is 2.78 bits per heavy atom. The van der Waals surface area contributed by atoms with E-state index in [1.807, 2.05) is 0 Å². The molecule has 18 heavy (non-hydrogen) atoms. The Bertz CT molecular complexity index is 404. The molecule has 1 aromatic rings. The molecule has 0 aliphatic heterocycles. The van der Waals surface area contributed by atoms with Gasteiger partial charge in [0.15, 0.2) is 0 Å². The summed E-state index contributed by atoms with van der Waals surface area (Å²) in [5, 5.41) is 12.9. The Kier molecular flexibility index (Phi) is 5.55. The van der Waals surface area contributed by atoms with Crippen LogP contribution in [0.3, 0.4) is 0 Å². The van der Waals surface area contributed by atoms with Crippen molar-refractivity contribution < 1.29 is 9.90 Å². The summed E-state index contributed by atoms with van der Waals surface area (Å²) >= 11 is 1.21. The highest BCUT2D eigenvalue weighted by atomic mass is 32.1. The summed E-state index contributed by atoms with van der Waals surface area (Å²) in [4.78, 5) is 13.3. The van der Waals surface area contributed by atoms with E-state index in [-0.39, 0.29) is 0 Å². The molecular weight excluding hydrogens is 250 g/mol. The Balaban J connectivity index is 2.43. The van der Waals surface area contributed by atoms with Crippen molar-refractivity contribution >= 4 is 22.5 Å². The lowest BCUT2D eigenvalue weighted by molar-refractivity contribution is 0.0697. The second-order valence-electron chi connectivity index (χ2n) is 4.63. The Morgan fingerprint density at radius 2 is 2.22 bits per heavy atom. The summed E-state index contributed by atoms with van der Waals surface area (Å²) in [5.74, 6) is -0.914. The summed E-state index contributed by atoms with van der Waals surface area (Å²) in [5.41, 5.74) is 0.881. The van der Waals surface area contributed by atoms with E-state index in [9.17, 15) is 4.79 Å². The predicted molar refractivity (Wildman–Crippen MR) is 74.7 cm³/mol. The lowest BCUT2D eigenvalue weighted by atomic mass is 10.2. The van der Waals surface area contributed by atoms with E-state index in [1.54, 1.807) is 6.92 Å². The van der Waals surface area contributed by atoms with Gasteiger partial charge in [-0.3, -0.25) is 0 Å². The van der Waals surface area contributed by atoms with Gasteiger partial charge in [0, 0.05) is 12.6 Å². The fourth-order valence-electron chi connectivity index (χ4n) is 1.53. The first kappa shape index (κ1) is 14.9. The molecule has 0 radical (unpaired) electrons. The van der Waals surface area contributed by atoms with Crippen LogP contribution >= 0.6 is 11.5 Å². The van der Waals surface area contributed by atoms with E-state index < -0.39 is 5.97 Å². The molecule has 5 nitrogen and oxygen atoms in total. The highest BCUT2D eigenvalue weighted by Gasteiger charge is 2.16. The molecule has 6 heteroatoms. The van der Waals surface area contributed by atoms with Gasteiger partial charge in [0.05, 0.1) is 5.69 Å². The van der Waals surface area contributed by atoms with Gasteiger partial charge < -0.3 is 15.3 Å². The Morgan fingerprint density at radius 1 is 1.56 bits per heavy atom. The Labute approximate surface area is 112 Å². The van der Waals surface area contributed by atoms with E-state index >= 15 is 0 Å². The number of carboxylic acid groups (broad SMARTS) is 1. The normalized spacial score (nSPS) is 11.2. The van der Waals surface area contributed by atoms with Gasteiger partial charge >= 0.3 is 5.97 Å². The summed E-state index contributed by atoms with van der Waals surface area (Å²) in [6.07, 6.45) is 0.977.